The molecule has 0 aliphatic carbocycles. The molecule has 88 valence electrons. The molecular weight excluding hydrogens is 214 g/mol. The topological polar surface area (TPSA) is 72.0 Å². The van der Waals surface area contributed by atoms with E-state index in [1.165, 1.54) is 0 Å². The number of aliphatic hydroxyl groups excluding tert-OH is 1. The second kappa shape index (κ2) is 5.52. The zero-order chi connectivity index (χ0) is 12.1. The van der Waals surface area contributed by atoms with E-state index in [2.05, 4.69) is 9.97 Å². The van der Waals surface area contributed by atoms with Crippen molar-refractivity contribution in [1.82, 2.24) is 9.97 Å². The first-order valence-electron chi connectivity index (χ1n) is 5.53. The number of hydrogen-bond donors (Lipinski definition) is 2. The van der Waals surface area contributed by atoms with Crippen molar-refractivity contribution in [2.45, 2.75) is 12.0 Å². The van der Waals surface area contributed by atoms with Crippen molar-refractivity contribution in [3.05, 3.63) is 60.2 Å². The maximum atomic E-state index is 10.2. The molecule has 2 aromatic rings. The van der Waals surface area contributed by atoms with E-state index in [4.69, 9.17) is 5.73 Å². The van der Waals surface area contributed by atoms with Gasteiger partial charge in [-0.05, 0) is 11.6 Å². The van der Waals surface area contributed by atoms with Gasteiger partial charge in [-0.3, -0.25) is 0 Å². The molecule has 0 fully saturated rings. The standard InChI is InChI=1S/C13H15N3O/c14-9-11(10-5-2-1-3-6-10)12(17)13-15-7-4-8-16-13/h1-8,11-12,17H,9,14H2. The van der Waals surface area contributed by atoms with Crippen molar-refractivity contribution in [2.24, 2.45) is 5.73 Å². The fraction of sp³-hybridized carbons (Fsp3) is 0.231. The minimum Gasteiger partial charge on any atom is -0.384 e. The second-order valence-electron chi connectivity index (χ2n) is 3.80. The molecule has 4 heteroatoms. The van der Waals surface area contributed by atoms with Crippen LogP contribution in [0.4, 0.5) is 0 Å². The van der Waals surface area contributed by atoms with Crippen LogP contribution in [0.1, 0.15) is 23.4 Å². The first-order chi connectivity index (χ1) is 8.33. The normalized spacial score (nSPS) is 14.2. The summed E-state index contributed by atoms with van der Waals surface area (Å²) in [7, 11) is 0. The van der Waals surface area contributed by atoms with Crippen LogP contribution < -0.4 is 5.73 Å². The van der Waals surface area contributed by atoms with Crippen molar-refractivity contribution < 1.29 is 5.11 Å². The van der Waals surface area contributed by atoms with E-state index in [1.807, 2.05) is 30.3 Å². The monoisotopic (exact) mass is 229 g/mol. The van der Waals surface area contributed by atoms with Gasteiger partial charge < -0.3 is 10.8 Å². The van der Waals surface area contributed by atoms with Gasteiger partial charge in [-0.15, -0.1) is 0 Å². The molecular formula is C13H15N3O. The Balaban J connectivity index is 2.25. The first kappa shape index (κ1) is 11.7. The Morgan fingerprint density at radius 3 is 2.29 bits per heavy atom. The van der Waals surface area contributed by atoms with E-state index in [0.717, 1.165) is 5.56 Å². The molecule has 0 saturated heterocycles. The third-order valence-corrected chi connectivity index (χ3v) is 2.71. The number of benzene rings is 1. The summed E-state index contributed by atoms with van der Waals surface area (Å²) in [6, 6.07) is 11.4. The van der Waals surface area contributed by atoms with Gasteiger partial charge in [0.15, 0.2) is 5.82 Å². The van der Waals surface area contributed by atoms with Gasteiger partial charge in [-0.25, -0.2) is 9.97 Å². The fourth-order valence-electron chi connectivity index (χ4n) is 1.79. The van der Waals surface area contributed by atoms with Crippen molar-refractivity contribution in [2.75, 3.05) is 6.54 Å². The molecule has 0 bridgehead atoms. The average Bonchev–Trinajstić information content (AvgIpc) is 2.42. The van der Waals surface area contributed by atoms with E-state index in [0.29, 0.717) is 12.4 Å². The van der Waals surface area contributed by atoms with Gasteiger partial charge in [0.2, 0.25) is 0 Å². The second-order valence-corrected chi connectivity index (χ2v) is 3.80. The third kappa shape index (κ3) is 2.67. The highest BCUT2D eigenvalue weighted by molar-refractivity contribution is 5.22. The zero-order valence-electron chi connectivity index (χ0n) is 9.40. The van der Waals surface area contributed by atoms with Gasteiger partial charge in [-0.1, -0.05) is 30.3 Å². The summed E-state index contributed by atoms with van der Waals surface area (Å²) in [5, 5.41) is 10.2. The molecule has 1 heterocycles. The molecule has 1 aromatic heterocycles. The predicted octanol–water partition coefficient (Wildman–Crippen LogP) is 1.25. The number of rotatable bonds is 4. The summed E-state index contributed by atoms with van der Waals surface area (Å²) in [6.07, 6.45) is 2.46. The van der Waals surface area contributed by atoms with Gasteiger partial charge in [0.05, 0.1) is 0 Å². The predicted molar refractivity (Wildman–Crippen MR) is 65.2 cm³/mol. The molecule has 1 aromatic carbocycles. The van der Waals surface area contributed by atoms with E-state index >= 15 is 0 Å². The molecule has 0 aliphatic rings. The van der Waals surface area contributed by atoms with E-state index in [9.17, 15) is 5.11 Å². The zero-order valence-corrected chi connectivity index (χ0v) is 9.40. The molecule has 2 atom stereocenters. The highest BCUT2D eigenvalue weighted by Gasteiger charge is 2.23. The molecule has 17 heavy (non-hydrogen) atoms. The highest BCUT2D eigenvalue weighted by Crippen LogP contribution is 2.27. The van der Waals surface area contributed by atoms with E-state index in [-0.39, 0.29) is 5.92 Å². The molecule has 0 aliphatic heterocycles. The quantitative estimate of drug-likeness (QED) is 0.827. The molecule has 0 amide bonds. The number of nitrogens with two attached hydrogens (primary N) is 1. The summed E-state index contributed by atoms with van der Waals surface area (Å²) >= 11 is 0. The molecule has 0 saturated carbocycles. The van der Waals surface area contributed by atoms with Crippen LogP contribution in [-0.2, 0) is 0 Å². The Morgan fingerprint density at radius 2 is 1.71 bits per heavy atom. The fourth-order valence-corrected chi connectivity index (χ4v) is 1.79. The van der Waals surface area contributed by atoms with Crippen molar-refractivity contribution in [1.29, 1.82) is 0 Å². The average molecular weight is 229 g/mol. The minimum atomic E-state index is -0.774. The number of aliphatic hydroxyl groups is 1. The number of aromatic nitrogens is 2. The van der Waals surface area contributed by atoms with Crippen LogP contribution in [-0.4, -0.2) is 21.6 Å². The third-order valence-electron chi connectivity index (χ3n) is 2.71. The highest BCUT2D eigenvalue weighted by atomic mass is 16.3. The van der Waals surface area contributed by atoms with Crippen LogP contribution in [0.25, 0.3) is 0 Å². The van der Waals surface area contributed by atoms with E-state index in [1.54, 1.807) is 18.5 Å². The maximum Gasteiger partial charge on any atom is 0.157 e. The molecule has 2 unspecified atom stereocenters. The largest absolute Gasteiger partial charge is 0.384 e. The van der Waals surface area contributed by atoms with Gasteiger partial charge in [0.1, 0.15) is 6.10 Å². The lowest BCUT2D eigenvalue weighted by atomic mass is 9.93. The lowest BCUT2D eigenvalue weighted by Gasteiger charge is -2.20. The summed E-state index contributed by atoms with van der Waals surface area (Å²) < 4.78 is 0. The van der Waals surface area contributed by atoms with Crippen LogP contribution in [0.5, 0.6) is 0 Å². The lowest BCUT2D eigenvalue weighted by Crippen LogP contribution is -2.21. The van der Waals surface area contributed by atoms with Gasteiger partial charge in [-0.2, -0.15) is 0 Å². The van der Waals surface area contributed by atoms with E-state index < -0.39 is 6.10 Å². The Bertz CT molecular complexity index is 447. The van der Waals surface area contributed by atoms with Gasteiger partial charge >= 0.3 is 0 Å². The van der Waals surface area contributed by atoms with Crippen LogP contribution in [0.2, 0.25) is 0 Å². The van der Waals surface area contributed by atoms with Crippen molar-refractivity contribution >= 4 is 0 Å². The Kier molecular flexibility index (Phi) is 3.80. The molecule has 4 nitrogen and oxygen atoms in total. The first-order valence-corrected chi connectivity index (χ1v) is 5.53. The smallest absolute Gasteiger partial charge is 0.157 e. The number of hydrogen-bond acceptors (Lipinski definition) is 4. The summed E-state index contributed by atoms with van der Waals surface area (Å²) in [5.74, 6) is 0.227. The summed E-state index contributed by atoms with van der Waals surface area (Å²) in [4.78, 5) is 8.11. The maximum absolute atomic E-state index is 10.2. The lowest BCUT2D eigenvalue weighted by molar-refractivity contribution is 0.138. The van der Waals surface area contributed by atoms with Crippen LogP contribution in [0.3, 0.4) is 0 Å². The molecule has 2 rings (SSSR count). The van der Waals surface area contributed by atoms with Crippen molar-refractivity contribution in [3.8, 4) is 0 Å². The Labute approximate surface area is 100 Å². The van der Waals surface area contributed by atoms with Crippen molar-refractivity contribution in [3.63, 3.8) is 0 Å². The Hall–Kier alpha value is -1.78. The van der Waals surface area contributed by atoms with Crippen LogP contribution >= 0.6 is 0 Å². The van der Waals surface area contributed by atoms with Crippen LogP contribution in [0.15, 0.2) is 48.8 Å². The SMILES string of the molecule is NCC(c1ccccc1)C(O)c1ncccn1. The molecule has 0 radical (unpaired) electrons. The Morgan fingerprint density at radius 1 is 1.06 bits per heavy atom. The molecule has 3 N–H and O–H groups in total. The van der Waals surface area contributed by atoms with Gasteiger partial charge in [0.25, 0.3) is 0 Å². The number of nitrogens with zero attached hydrogens (tertiary/aromatic N) is 2. The van der Waals surface area contributed by atoms with Gasteiger partial charge in [0, 0.05) is 24.9 Å². The summed E-state index contributed by atoms with van der Waals surface area (Å²) in [6.45, 7) is 0.351. The summed E-state index contributed by atoms with van der Waals surface area (Å²) in [5.41, 5.74) is 6.72. The molecule has 0 spiro atoms. The minimum absolute atomic E-state index is 0.182. The van der Waals surface area contributed by atoms with Crippen LogP contribution in [0, 0.1) is 0 Å².